The Balaban J connectivity index is 2.31. The molecule has 8 heteroatoms. The summed E-state index contributed by atoms with van der Waals surface area (Å²) in [4.78, 5) is 0. The fourth-order valence-electron chi connectivity index (χ4n) is 5.00. The number of hydrogen-bond acceptors (Lipinski definition) is 6. The summed E-state index contributed by atoms with van der Waals surface area (Å²) in [6.45, 7) is 14.4. The molecule has 0 fully saturated rings. The summed E-state index contributed by atoms with van der Waals surface area (Å²) in [6, 6.07) is 13.3. The van der Waals surface area contributed by atoms with Crippen LogP contribution in [-0.4, -0.2) is 46.0 Å². The molecule has 2 aromatic carbocycles. The lowest BCUT2D eigenvalue weighted by atomic mass is 9.76. The van der Waals surface area contributed by atoms with Gasteiger partial charge in [0.25, 0.3) is 0 Å². The minimum atomic E-state index is -2.02. The second kappa shape index (κ2) is 13.3. The third kappa shape index (κ3) is 7.09. The Morgan fingerprint density at radius 1 is 0.853 bits per heavy atom. The van der Waals surface area contributed by atoms with E-state index in [-0.39, 0.29) is 6.79 Å². The van der Waals surface area contributed by atoms with Crippen molar-refractivity contribution >= 4 is 20.9 Å². The molecule has 6 nitrogen and oxygen atoms in total. The third-order valence-corrected chi connectivity index (χ3v) is 12.6. The van der Waals surface area contributed by atoms with Gasteiger partial charge in [0.1, 0.15) is 6.61 Å². The van der Waals surface area contributed by atoms with E-state index >= 15 is 0 Å². The van der Waals surface area contributed by atoms with Crippen molar-refractivity contribution in [2.75, 3.05) is 20.5 Å². The smallest absolute Gasteiger partial charge is 0.485 e. The molecule has 34 heavy (non-hydrogen) atoms. The van der Waals surface area contributed by atoms with Crippen LogP contribution in [0.5, 0.6) is 11.5 Å². The summed E-state index contributed by atoms with van der Waals surface area (Å²) in [5.41, 5.74) is 3.60. The number of benzene rings is 2. The molecule has 0 aliphatic carbocycles. The minimum Gasteiger partial charge on any atom is -0.485 e. The van der Waals surface area contributed by atoms with Gasteiger partial charge in [-0.25, -0.2) is 0 Å². The zero-order valence-electron chi connectivity index (χ0n) is 21.7. The Bertz CT molecular complexity index is 851. The van der Waals surface area contributed by atoms with E-state index in [4.69, 9.17) is 18.6 Å². The molecule has 0 aliphatic rings. The summed E-state index contributed by atoms with van der Waals surface area (Å²) < 4.78 is 23.5. The highest BCUT2D eigenvalue weighted by molar-refractivity contribution is 6.77. The lowest BCUT2D eigenvalue weighted by molar-refractivity contribution is 0.0484. The van der Waals surface area contributed by atoms with Gasteiger partial charge in [0.15, 0.2) is 26.6 Å². The topological polar surface area (TPSA) is 77.4 Å². The van der Waals surface area contributed by atoms with Gasteiger partial charge in [0, 0.05) is 13.7 Å². The Morgan fingerprint density at radius 3 is 1.97 bits per heavy atom. The van der Waals surface area contributed by atoms with Crippen molar-refractivity contribution in [1.29, 1.82) is 0 Å². The van der Waals surface area contributed by atoms with E-state index in [1.165, 1.54) is 7.11 Å². The maximum Gasteiger partial charge on any atom is 0.488 e. The van der Waals surface area contributed by atoms with Crippen LogP contribution in [0, 0.1) is 0 Å². The molecule has 2 rings (SSSR count). The van der Waals surface area contributed by atoms with Crippen LogP contribution in [0.2, 0.25) is 16.6 Å². The number of hydrogen-bond donors (Lipinski definition) is 2. The van der Waals surface area contributed by atoms with Crippen molar-refractivity contribution in [2.24, 2.45) is 0 Å². The molecule has 0 saturated heterocycles. The molecule has 0 saturated carbocycles. The van der Waals surface area contributed by atoms with Gasteiger partial charge in [0.05, 0.1) is 0 Å². The highest BCUT2D eigenvalue weighted by Gasteiger charge is 2.44. The number of rotatable bonds is 14. The average Bonchev–Trinajstić information content (AvgIpc) is 2.79. The van der Waals surface area contributed by atoms with Crippen molar-refractivity contribution in [1.82, 2.24) is 0 Å². The Morgan fingerprint density at radius 2 is 1.44 bits per heavy atom. The van der Waals surface area contributed by atoms with Gasteiger partial charge >= 0.3 is 7.12 Å². The van der Waals surface area contributed by atoms with Crippen LogP contribution in [0.1, 0.15) is 52.7 Å². The van der Waals surface area contributed by atoms with Gasteiger partial charge in [-0.05, 0) is 51.8 Å². The molecule has 0 atom stereocenters. The van der Waals surface area contributed by atoms with Crippen LogP contribution >= 0.6 is 0 Å². The molecule has 0 unspecified atom stereocenters. The highest BCUT2D eigenvalue weighted by atomic mass is 28.4. The van der Waals surface area contributed by atoms with Crippen LogP contribution in [0.15, 0.2) is 42.5 Å². The maximum absolute atomic E-state index is 10.1. The summed E-state index contributed by atoms with van der Waals surface area (Å²) >= 11 is 0. The van der Waals surface area contributed by atoms with Gasteiger partial charge in [-0.2, -0.15) is 0 Å². The quantitative estimate of drug-likeness (QED) is 0.298. The molecule has 0 aromatic heterocycles. The first kappa shape index (κ1) is 28.4. The molecule has 0 amide bonds. The van der Waals surface area contributed by atoms with Gasteiger partial charge < -0.3 is 28.7 Å². The second-order valence-corrected chi connectivity index (χ2v) is 15.1. The molecule has 0 heterocycles. The lowest BCUT2D eigenvalue weighted by Gasteiger charge is -2.42. The first-order chi connectivity index (χ1) is 16.1. The normalized spacial score (nSPS) is 12.0. The number of methoxy groups -OCH3 is 1. The zero-order chi connectivity index (χ0) is 25.3. The Kier molecular flexibility index (Phi) is 11.1. The van der Waals surface area contributed by atoms with Gasteiger partial charge in [-0.3, -0.25) is 0 Å². The standard InChI is InChI=1S/C26H41BO6Si/c1-19(2)34(20(3)4,21(5)6)33-14-13-23-15-25(31-17-22-11-9-8-10-12-22)26(32-18-30-7)16-24(23)27(28)29/h8-12,15-16,19-21,28-29H,13-14,17-18H2,1-7H3. The van der Waals surface area contributed by atoms with E-state index in [9.17, 15) is 10.0 Å². The average molecular weight is 489 g/mol. The Hall–Kier alpha value is -1.84. The lowest BCUT2D eigenvalue weighted by Crippen LogP contribution is -2.48. The van der Waals surface area contributed by atoms with E-state index in [0.29, 0.717) is 53.2 Å². The monoisotopic (exact) mass is 488 g/mol. The summed E-state index contributed by atoms with van der Waals surface area (Å²) in [5.74, 6) is 0.932. The van der Waals surface area contributed by atoms with Crippen molar-refractivity contribution in [3.63, 3.8) is 0 Å². The zero-order valence-corrected chi connectivity index (χ0v) is 22.7. The number of ether oxygens (including phenoxy) is 3. The molecular formula is C26H41BO6Si. The van der Waals surface area contributed by atoms with Crippen molar-refractivity contribution in [3.05, 3.63) is 53.6 Å². The largest absolute Gasteiger partial charge is 0.488 e. The summed E-state index contributed by atoms with van der Waals surface area (Å²) in [7, 11) is -2.12. The first-order valence-corrected chi connectivity index (χ1v) is 14.2. The van der Waals surface area contributed by atoms with Crippen LogP contribution in [0.4, 0.5) is 0 Å². The van der Waals surface area contributed by atoms with E-state index in [1.54, 1.807) is 6.07 Å². The third-order valence-electron chi connectivity index (χ3n) is 6.48. The van der Waals surface area contributed by atoms with Crippen LogP contribution in [0.3, 0.4) is 0 Å². The van der Waals surface area contributed by atoms with Gasteiger partial charge in [-0.15, -0.1) is 0 Å². The predicted octanol–water partition coefficient (Wildman–Crippen LogP) is 4.66. The van der Waals surface area contributed by atoms with Crippen LogP contribution in [0.25, 0.3) is 0 Å². The molecule has 2 aromatic rings. The fourth-order valence-corrected chi connectivity index (χ4v) is 10.5. The van der Waals surface area contributed by atoms with E-state index < -0.39 is 15.4 Å². The second-order valence-electron chi connectivity index (χ2n) is 9.61. The van der Waals surface area contributed by atoms with Crippen molar-refractivity contribution in [2.45, 2.75) is 71.2 Å². The molecule has 0 spiro atoms. The van der Waals surface area contributed by atoms with Crippen LogP contribution in [-0.2, 0) is 22.2 Å². The summed E-state index contributed by atoms with van der Waals surface area (Å²) in [5, 5.41) is 20.1. The minimum absolute atomic E-state index is 0.0242. The highest BCUT2D eigenvalue weighted by Crippen LogP contribution is 2.42. The van der Waals surface area contributed by atoms with Crippen LogP contribution < -0.4 is 14.9 Å². The van der Waals surface area contributed by atoms with Crippen molar-refractivity contribution in [3.8, 4) is 11.5 Å². The molecular weight excluding hydrogens is 447 g/mol. The molecule has 2 N–H and O–H groups in total. The predicted molar refractivity (Wildman–Crippen MR) is 140 cm³/mol. The molecule has 0 bridgehead atoms. The van der Waals surface area contributed by atoms with E-state index in [0.717, 1.165) is 11.1 Å². The van der Waals surface area contributed by atoms with Crippen molar-refractivity contribution < 1.29 is 28.7 Å². The SMILES string of the molecule is COCOc1cc(B(O)O)c(CCO[Si](C(C)C)(C(C)C)C(C)C)cc1OCc1ccccc1. The Labute approximate surface area is 206 Å². The van der Waals surface area contributed by atoms with Gasteiger partial charge in [0.2, 0.25) is 0 Å². The van der Waals surface area contributed by atoms with Gasteiger partial charge in [-0.1, -0.05) is 71.9 Å². The maximum atomic E-state index is 10.1. The summed E-state index contributed by atoms with van der Waals surface area (Å²) in [6.07, 6.45) is 0.542. The first-order valence-electron chi connectivity index (χ1n) is 12.1. The molecule has 0 radical (unpaired) electrons. The fraction of sp³-hybridized carbons (Fsp3) is 0.538. The molecule has 188 valence electrons. The van der Waals surface area contributed by atoms with E-state index in [1.807, 2.05) is 36.4 Å². The van der Waals surface area contributed by atoms with E-state index in [2.05, 4.69) is 41.5 Å². The molecule has 0 aliphatic heterocycles.